The molecule has 1 rings (SSSR count). The van der Waals surface area contributed by atoms with Crippen molar-refractivity contribution in [1.29, 1.82) is 0 Å². The second-order valence-electron chi connectivity index (χ2n) is 3.56. The van der Waals surface area contributed by atoms with Crippen LogP contribution in [0.25, 0.3) is 0 Å². The van der Waals surface area contributed by atoms with Crippen LogP contribution < -0.4 is 0 Å². The summed E-state index contributed by atoms with van der Waals surface area (Å²) >= 11 is 0. The van der Waals surface area contributed by atoms with Gasteiger partial charge in [-0.1, -0.05) is 73.1 Å². The molecular formula is C12H28. The summed E-state index contributed by atoms with van der Waals surface area (Å²) in [5, 5.41) is 0. The van der Waals surface area contributed by atoms with Crippen LogP contribution >= 0.6 is 0 Å². The highest BCUT2D eigenvalue weighted by molar-refractivity contribution is 4.69. The Labute approximate surface area is 79.8 Å². The smallest absolute Gasteiger partial charge is 0.0417 e. The van der Waals surface area contributed by atoms with Gasteiger partial charge in [0.1, 0.15) is 0 Å². The Morgan fingerprint density at radius 3 is 1.17 bits per heavy atom. The molecule has 0 aliphatic heterocycles. The van der Waals surface area contributed by atoms with E-state index in [1.54, 1.807) is 0 Å². The van der Waals surface area contributed by atoms with E-state index in [0.29, 0.717) is 0 Å². The summed E-state index contributed by atoms with van der Waals surface area (Å²) < 4.78 is 0. The lowest BCUT2D eigenvalue weighted by atomic mass is 10.3. The van der Waals surface area contributed by atoms with E-state index >= 15 is 0 Å². The summed E-state index contributed by atoms with van der Waals surface area (Å²) in [7, 11) is 0. The van der Waals surface area contributed by atoms with Crippen LogP contribution in [0.15, 0.2) is 0 Å². The minimum Gasteiger partial charge on any atom is -0.0656 e. The van der Waals surface area contributed by atoms with E-state index in [-0.39, 0.29) is 0 Å². The molecular weight excluding hydrogens is 144 g/mol. The van der Waals surface area contributed by atoms with Crippen molar-refractivity contribution in [2.45, 2.75) is 73.1 Å². The molecule has 1 saturated carbocycles. The average molecular weight is 172 g/mol. The second-order valence-corrected chi connectivity index (χ2v) is 3.56. The third-order valence-electron chi connectivity index (χ3n) is 1.77. The second kappa shape index (κ2) is 13.6. The van der Waals surface area contributed by atoms with Crippen molar-refractivity contribution in [2.75, 3.05) is 0 Å². The third-order valence-corrected chi connectivity index (χ3v) is 1.77. The van der Waals surface area contributed by atoms with Gasteiger partial charge in [0.2, 0.25) is 0 Å². The first-order valence-corrected chi connectivity index (χ1v) is 5.76. The van der Waals surface area contributed by atoms with Gasteiger partial charge in [-0.25, -0.2) is 0 Å². The summed E-state index contributed by atoms with van der Waals surface area (Å²) in [5.74, 6) is 1.13. The van der Waals surface area contributed by atoms with Gasteiger partial charge in [-0.2, -0.15) is 0 Å². The van der Waals surface area contributed by atoms with Crippen molar-refractivity contribution in [3.05, 3.63) is 0 Å². The summed E-state index contributed by atoms with van der Waals surface area (Å²) in [5.41, 5.74) is 0. The van der Waals surface area contributed by atoms with Crippen molar-refractivity contribution < 1.29 is 0 Å². The average Bonchev–Trinajstić information content (AvgIpc) is 2.89. The SMILES string of the molecule is CCC.CCC1CC1.CCCC. The van der Waals surface area contributed by atoms with Crippen LogP contribution in [0.3, 0.4) is 0 Å². The van der Waals surface area contributed by atoms with E-state index in [1.807, 2.05) is 0 Å². The molecule has 0 radical (unpaired) electrons. The van der Waals surface area contributed by atoms with Crippen LogP contribution in [0, 0.1) is 5.92 Å². The van der Waals surface area contributed by atoms with Crippen LogP contribution in [0.4, 0.5) is 0 Å². The van der Waals surface area contributed by atoms with Crippen molar-refractivity contribution in [3.8, 4) is 0 Å². The van der Waals surface area contributed by atoms with E-state index < -0.39 is 0 Å². The Balaban J connectivity index is 0. The lowest BCUT2D eigenvalue weighted by Crippen LogP contribution is -1.59. The molecule has 0 aromatic rings. The molecule has 0 N–H and O–H groups in total. The molecule has 0 nitrogen and oxygen atoms in total. The fraction of sp³-hybridized carbons (Fsp3) is 1.00. The summed E-state index contributed by atoms with van der Waals surface area (Å²) in [4.78, 5) is 0. The highest BCUT2D eigenvalue weighted by atomic mass is 14.2. The largest absolute Gasteiger partial charge is 0.0656 e. The molecule has 1 aliphatic carbocycles. The highest BCUT2D eigenvalue weighted by Crippen LogP contribution is 2.31. The fourth-order valence-corrected chi connectivity index (χ4v) is 0.526. The maximum Gasteiger partial charge on any atom is -0.0417 e. The fourth-order valence-electron chi connectivity index (χ4n) is 0.526. The number of unbranched alkanes of at least 4 members (excludes halogenated alkanes) is 1. The van der Waals surface area contributed by atoms with Gasteiger partial charge in [0.15, 0.2) is 0 Å². The van der Waals surface area contributed by atoms with Gasteiger partial charge in [0, 0.05) is 0 Å². The molecule has 0 spiro atoms. The molecule has 0 amide bonds. The molecule has 0 aromatic carbocycles. The molecule has 0 unspecified atom stereocenters. The van der Waals surface area contributed by atoms with Crippen LogP contribution in [0.1, 0.15) is 73.1 Å². The van der Waals surface area contributed by atoms with E-state index in [0.717, 1.165) is 5.92 Å². The number of hydrogen-bond donors (Lipinski definition) is 0. The maximum atomic E-state index is 2.26. The predicted octanol–water partition coefficient (Wildman–Crippen LogP) is 5.03. The van der Waals surface area contributed by atoms with Crippen molar-refractivity contribution in [2.24, 2.45) is 5.92 Å². The number of hydrogen-bond acceptors (Lipinski definition) is 0. The van der Waals surface area contributed by atoms with Crippen LogP contribution in [0.5, 0.6) is 0 Å². The Hall–Kier alpha value is 0. The molecule has 1 fully saturated rings. The van der Waals surface area contributed by atoms with Crippen LogP contribution in [-0.4, -0.2) is 0 Å². The topological polar surface area (TPSA) is 0 Å². The highest BCUT2D eigenvalue weighted by Gasteiger charge is 2.17. The van der Waals surface area contributed by atoms with Crippen LogP contribution in [0.2, 0.25) is 0 Å². The molecule has 1 aliphatic rings. The Morgan fingerprint density at radius 2 is 1.17 bits per heavy atom. The minimum atomic E-state index is 1.13. The molecule has 0 saturated heterocycles. The molecule has 0 bridgehead atoms. The lowest BCUT2D eigenvalue weighted by Gasteiger charge is -1.72. The summed E-state index contributed by atoms with van der Waals surface area (Å²) in [6, 6.07) is 0. The maximum absolute atomic E-state index is 2.26. The van der Waals surface area contributed by atoms with Gasteiger partial charge in [-0.3, -0.25) is 0 Å². The van der Waals surface area contributed by atoms with Crippen LogP contribution in [-0.2, 0) is 0 Å². The van der Waals surface area contributed by atoms with Gasteiger partial charge < -0.3 is 0 Å². The lowest BCUT2D eigenvalue weighted by molar-refractivity contribution is 0.799. The van der Waals surface area contributed by atoms with Gasteiger partial charge in [-0.05, 0) is 5.92 Å². The zero-order chi connectivity index (χ0) is 9.82. The Kier molecular flexibility index (Phi) is 16.4. The van der Waals surface area contributed by atoms with Crippen molar-refractivity contribution >= 4 is 0 Å². The first-order chi connectivity index (χ1) is 5.76. The minimum absolute atomic E-state index is 1.13. The zero-order valence-corrected chi connectivity index (χ0v) is 9.82. The molecule has 12 heavy (non-hydrogen) atoms. The zero-order valence-electron chi connectivity index (χ0n) is 9.82. The quantitative estimate of drug-likeness (QED) is 0.548. The molecule has 0 aromatic heterocycles. The van der Waals surface area contributed by atoms with Gasteiger partial charge in [-0.15, -0.1) is 0 Å². The predicted molar refractivity (Wildman–Crippen MR) is 59.6 cm³/mol. The third kappa shape index (κ3) is 22.5. The van der Waals surface area contributed by atoms with Gasteiger partial charge in [0.25, 0.3) is 0 Å². The number of rotatable bonds is 2. The molecule has 0 heterocycles. The monoisotopic (exact) mass is 172 g/mol. The Bertz CT molecular complexity index is 51.1. The van der Waals surface area contributed by atoms with E-state index in [2.05, 4.69) is 34.6 Å². The van der Waals surface area contributed by atoms with Gasteiger partial charge in [0.05, 0.1) is 0 Å². The van der Waals surface area contributed by atoms with E-state index in [9.17, 15) is 0 Å². The molecule has 0 heteroatoms. The van der Waals surface area contributed by atoms with Crippen molar-refractivity contribution in [3.63, 3.8) is 0 Å². The first-order valence-electron chi connectivity index (χ1n) is 5.76. The molecule has 76 valence electrons. The van der Waals surface area contributed by atoms with E-state index in [4.69, 9.17) is 0 Å². The first kappa shape index (κ1) is 14.5. The Morgan fingerprint density at radius 1 is 0.833 bits per heavy atom. The molecule has 0 atom stereocenters. The van der Waals surface area contributed by atoms with Gasteiger partial charge >= 0.3 is 0 Å². The summed E-state index contributed by atoms with van der Waals surface area (Å²) in [6.45, 7) is 10.9. The normalized spacial score (nSPS) is 13.8. The van der Waals surface area contributed by atoms with Crippen molar-refractivity contribution in [1.82, 2.24) is 0 Å². The summed E-state index contributed by atoms with van der Waals surface area (Å²) in [6.07, 6.45) is 8.33. The standard InChI is InChI=1S/C5H10.C4H10.C3H8/c1-2-5-3-4-5;1-3-4-2;1-3-2/h5H,2-4H2,1H3;3-4H2,1-2H3;3H2,1-2H3. The van der Waals surface area contributed by atoms with E-state index in [1.165, 1.54) is 38.5 Å².